The first-order valence-corrected chi connectivity index (χ1v) is 5.12. The molecule has 0 fully saturated rings. The Hall–Kier alpha value is -2.10. The summed E-state index contributed by atoms with van der Waals surface area (Å²) in [6, 6.07) is 7.04. The predicted molar refractivity (Wildman–Crippen MR) is 63.4 cm³/mol. The second-order valence-corrected chi connectivity index (χ2v) is 3.28. The summed E-state index contributed by atoms with van der Waals surface area (Å²) >= 11 is 0. The average molecular weight is 234 g/mol. The Labute approximate surface area is 99.8 Å². The largest absolute Gasteiger partial charge is 0.465 e. The molecular formula is C13H14O4. The van der Waals surface area contributed by atoms with Gasteiger partial charge in [-0.1, -0.05) is 24.3 Å². The van der Waals surface area contributed by atoms with Crippen molar-refractivity contribution in [2.24, 2.45) is 0 Å². The molecule has 0 aliphatic heterocycles. The van der Waals surface area contributed by atoms with Crippen molar-refractivity contribution >= 4 is 18.0 Å². The lowest BCUT2D eigenvalue weighted by Crippen LogP contribution is -2.03. The highest BCUT2D eigenvalue weighted by atomic mass is 16.5. The third kappa shape index (κ3) is 4.10. The highest BCUT2D eigenvalue weighted by Crippen LogP contribution is 2.11. The van der Waals surface area contributed by atoms with E-state index in [1.54, 1.807) is 30.4 Å². The summed E-state index contributed by atoms with van der Waals surface area (Å²) in [5.41, 5.74) is 1.21. The minimum Gasteiger partial charge on any atom is -0.465 e. The number of methoxy groups -OCH3 is 1. The average Bonchev–Trinajstić information content (AvgIpc) is 2.34. The van der Waals surface area contributed by atoms with Crippen molar-refractivity contribution in [1.29, 1.82) is 0 Å². The highest BCUT2D eigenvalue weighted by molar-refractivity contribution is 5.93. The molecule has 0 bridgehead atoms. The van der Waals surface area contributed by atoms with Crippen LogP contribution >= 0.6 is 0 Å². The molecule has 0 saturated carbocycles. The maximum Gasteiger partial charge on any atom is 0.338 e. The number of ether oxygens (including phenoxy) is 2. The number of hydrogen-bond donors (Lipinski definition) is 0. The summed E-state index contributed by atoms with van der Waals surface area (Å²) in [6.45, 7) is 1.53. The molecule has 0 radical (unpaired) electrons. The molecule has 0 aliphatic rings. The van der Waals surface area contributed by atoms with E-state index >= 15 is 0 Å². The van der Waals surface area contributed by atoms with Crippen molar-refractivity contribution in [3.8, 4) is 0 Å². The fourth-order valence-corrected chi connectivity index (χ4v) is 1.28. The number of benzene rings is 1. The van der Waals surface area contributed by atoms with Crippen molar-refractivity contribution in [2.75, 3.05) is 13.7 Å². The van der Waals surface area contributed by atoms with Crippen LogP contribution in [0, 0.1) is 0 Å². The fourth-order valence-electron chi connectivity index (χ4n) is 1.28. The quantitative estimate of drug-likeness (QED) is 0.748. The Morgan fingerprint density at radius 3 is 2.65 bits per heavy atom. The molecule has 0 atom stereocenters. The highest BCUT2D eigenvalue weighted by Gasteiger charge is 2.08. The van der Waals surface area contributed by atoms with E-state index in [2.05, 4.69) is 4.74 Å². The van der Waals surface area contributed by atoms with E-state index in [0.717, 1.165) is 5.56 Å². The van der Waals surface area contributed by atoms with Crippen molar-refractivity contribution in [1.82, 2.24) is 0 Å². The molecule has 1 rings (SSSR count). The summed E-state index contributed by atoms with van der Waals surface area (Å²) in [5.74, 6) is -0.728. The summed E-state index contributed by atoms with van der Waals surface area (Å²) < 4.78 is 9.41. The van der Waals surface area contributed by atoms with E-state index in [4.69, 9.17) is 4.74 Å². The molecular weight excluding hydrogens is 220 g/mol. The molecule has 0 aromatic heterocycles. The number of rotatable bonds is 4. The van der Waals surface area contributed by atoms with Crippen LogP contribution in [0.4, 0.5) is 0 Å². The summed E-state index contributed by atoms with van der Waals surface area (Å²) in [5, 5.41) is 0. The monoisotopic (exact) mass is 234 g/mol. The van der Waals surface area contributed by atoms with Gasteiger partial charge in [0.05, 0.1) is 12.7 Å². The van der Waals surface area contributed by atoms with Gasteiger partial charge in [0.1, 0.15) is 6.61 Å². The van der Waals surface area contributed by atoms with Crippen LogP contribution in [0.15, 0.2) is 30.3 Å². The summed E-state index contributed by atoms with van der Waals surface area (Å²) in [6.07, 6.45) is 3.39. The molecule has 0 amide bonds. The zero-order chi connectivity index (χ0) is 12.7. The van der Waals surface area contributed by atoms with Gasteiger partial charge in [0.25, 0.3) is 0 Å². The van der Waals surface area contributed by atoms with Gasteiger partial charge >= 0.3 is 11.9 Å². The third-order valence-electron chi connectivity index (χ3n) is 2.05. The zero-order valence-corrected chi connectivity index (χ0v) is 9.80. The van der Waals surface area contributed by atoms with Crippen LogP contribution in [-0.2, 0) is 14.3 Å². The Kier molecular flexibility index (Phi) is 4.94. The molecule has 0 unspecified atom stereocenters. The Morgan fingerprint density at radius 1 is 1.29 bits per heavy atom. The second-order valence-electron chi connectivity index (χ2n) is 3.28. The van der Waals surface area contributed by atoms with Crippen molar-refractivity contribution in [3.05, 3.63) is 41.5 Å². The number of esters is 2. The van der Waals surface area contributed by atoms with Gasteiger partial charge in [0.2, 0.25) is 0 Å². The van der Waals surface area contributed by atoms with Crippen molar-refractivity contribution < 1.29 is 19.1 Å². The molecule has 17 heavy (non-hydrogen) atoms. The van der Waals surface area contributed by atoms with Gasteiger partial charge in [-0.15, -0.1) is 0 Å². The van der Waals surface area contributed by atoms with Gasteiger partial charge in [0, 0.05) is 6.92 Å². The Morgan fingerprint density at radius 2 is 2.00 bits per heavy atom. The first kappa shape index (κ1) is 13.0. The second kappa shape index (κ2) is 6.48. The smallest absolute Gasteiger partial charge is 0.338 e. The molecule has 4 nitrogen and oxygen atoms in total. The molecule has 1 aromatic rings. The van der Waals surface area contributed by atoms with Gasteiger partial charge in [0.15, 0.2) is 0 Å². The first-order valence-electron chi connectivity index (χ1n) is 5.12. The summed E-state index contributed by atoms with van der Waals surface area (Å²) in [7, 11) is 1.34. The maximum absolute atomic E-state index is 11.4. The van der Waals surface area contributed by atoms with Gasteiger partial charge < -0.3 is 9.47 Å². The maximum atomic E-state index is 11.4. The number of hydrogen-bond acceptors (Lipinski definition) is 4. The van der Waals surface area contributed by atoms with Gasteiger partial charge in [-0.25, -0.2) is 4.79 Å². The van der Waals surface area contributed by atoms with Crippen LogP contribution in [0.1, 0.15) is 22.8 Å². The van der Waals surface area contributed by atoms with Crippen LogP contribution in [0.25, 0.3) is 6.08 Å². The molecule has 0 spiro atoms. The molecule has 0 aliphatic carbocycles. The topological polar surface area (TPSA) is 52.6 Å². The SMILES string of the molecule is COC(=O)c1ccccc1/C=C/COC(C)=O. The molecule has 0 heterocycles. The van der Waals surface area contributed by atoms with Gasteiger partial charge in [-0.05, 0) is 17.7 Å². The lowest BCUT2D eigenvalue weighted by molar-refractivity contribution is -0.139. The lowest BCUT2D eigenvalue weighted by atomic mass is 10.1. The standard InChI is InChI=1S/C13H14O4/c1-10(14)17-9-5-7-11-6-3-4-8-12(11)13(15)16-2/h3-8H,9H2,1-2H3/b7-5+. The van der Waals surface area contributed by atoms with Crippen LogP contribution in [0.5, 0.6) is 0 Å². The molecule has 1 aromatic carbocycles. The molecule has 90 valence electrons. The van der Waals surface area contributed by atoms with E-state index < -0.39 is 5.97 Å². The zero-order valence-electron chi connectivity index (χ0n) is 9.80. The fraction of sp³-hybridized carbons (Fsp3) is 0.231. The minimum absolute atomic E-state index is 0.185. The van der Waals surface area contributed by atoms with E-state index in [0.29, 0.717) is 5.56 Å². The Bertz CT molecular complexity index is 435. The van der Waals surface area contributed by atoms with E-state index in [-0.39, 0.29) is 12.6 Å². The van der Waals surface area contributed by atoms with E-state index in [9.17, 15) is 9.59 Å². The first-order chi connectivity index (χ1) is 8.15. The Balaban J connectivity index is 2.76. The van der Waals surface area contributed by atoms with Crippen molar-refractivity contribution in [2.45, 2.75) is 6.92 Å². The molecule has 4 heteroatoms. The van der Waals surface area contributed by atoms with E-state index in [1.807, 2.05) is 6.07 Å². The lowest BCUT2D eigenvalue weighted by Gasteiger charge is -2.03. The number of carbonyl (C=O) groups is 2. The van der Waals surface area contributed by atoms with Gasteiger partial charge in [-0.3, -0.25) is 4.79 Å². The van der Waals surface area contributed by atoms with Crippen LogP contribution in [0.3, 0.4) is 0 Å². The molecule has 0 saturated heterocycles. The van der Waals surface area contributed by atoms with Crippen LogP contribution in [-0.4, -0.2) is 25.7 Å². The van der Waals surface area contributed by atoms with Crippen LogP contribution < -0.4 is 0 Å². The van der Waals surface area contributed by atoms with Crippen LogP contribution in [0.2, 0.25) is 0 Å². The van der Waals surface area contributed by atoms with Crippen molar-refractivity contribution in [3.63, 3.8) is 0 Å². The minimum atomic E-state index is -0.391. The normalized spacial score (nSPS) is 10.2. The summed E-state index contributed by atoms with van der Waals surface area (Å²) in [4.78, 5) is 22.0. The predicted octanol–water partition coefficient (Wildman–Crippen LogP) is 2.05. The van der Waals surface area contributed by atoms with E-state index in [1.165, 1.54) is 14.0 Å². The van der Waals surface area contributed by atoms with Gasteiger partial charge in [-0.2, -0.15) is 0 Å². The number of carbonyl (C=O) groups excluding carboxylic acids is 2. The third-order valence-corrected chi connectivity index (χ3v) is 2.05. The molecule has 0 N–H and O–H groups in total.